The van der Waals surface area contributed by atoms with Crippen molar-refractivity contribution >= 4 is 15.8 Å². The molecule has 0 fully saturated rings. The Morgan fingerprint density at radius 2 is 2.11 bits per heavy atom. The Bertz CT molecular complexity index is 709. The molecule has 8 heteroatoms. The highest BCUT2D eigenvalue weighted by Gasteiger charge is 2.21. The van der Waals surface area contributed by atoms with Gasteiger partial charge in [-0.15, -0.1) is 0 Å². The number of carboxylic acid groups (broad SMARTS) is 1. The van der Waals surface area contributed by atoms with Crippen LogP contribution in [0.2, 0.25) is 0 Å². The Balaban J connectivity index is 2.41. The average Bonchev–Trinajstić information content (AvgIpc) is 2.80. The van der Waals surface area contributed by atoms with Crippen LogP contribution in [0.25, 0.3) is 0 Å². The van der Waals surface area contributed by atoms with Gasteiger partial charge >= 0.3 is 5.97 Å². The SMILES string of the molecule is O=C(O)c1cc(S(=O)(=O)Cc2ccno2)ccc1F. The third-order valence-corrected chi connectivity index (χ3v) is 3.99. The van der Waals surface area contributed by atoms with Crippen LogP contribution in [0.1, 0.15) is 16.1 Å². The van der Waals surface area contributed by atoms with Crippen LogP contribution in [0.3, 0.4) is 0 Å². The minimum absolute atomic E-state index is 0.112. The second kappa shape index (κ2) is 4.81. The maximum Gasteiger partial charge on any atom is 0.338 e. The number of nitrogens with zero attached hydrogens (tertiary/aromatic N) is 1. The zero-order chi connectivity index (χ0) is 14.0. The normalized spacial score (nSPS) is 11.4. The number of hydrogen-bond acceptors (Lipinski definition) is 5. The van der Waals surface area contributed by atoms with Gasteiger partial charge in [-0.3, -0.25) is 0 Å². The Morgan fingerprint density at radius 1 is 1.37 bits per heavy atom. The molecule has 0 bridgehead atoms. The third kappa shape index (κ3) is 2.79. The van der Waals surface area contributed by atoms with E-state index in [2.05, 4.69) is 9.68 Å². The lowest BCUT2D eigenvalue weighted by Gasteiger charge is -2.04. The van der Waals surface area contributed by atoms with Crippen molar-refractivity contribution in [3.63, 3.8) is 0 Å². The van der Waals surface area contributed by atoms with Crippen molar-refractivity contribution in [2.75, 3.05) is 0 Å². The molecule has 0 atom stereocenters. The lowest BCUT2D eigenvalue weighted by atomic mass is 10.2. The standard InChI is InChI=1S/C11H8FNO5S/c12-10-2-1-8(5-9(10)11(14)15)19(16,17)6-7-3-4-13-18-7/h1-5H,6H2,(H,14,15). The lowest BCUT2D eigenvalue weighted by molar-refractivity contribution is 0.0691. The van der Waals surface area contributed by atoms with Gasteiger partial charge in [0.2, 0.25) is 0 Å². The van der Waals surface area contributed by atoms with E-state index in [1.807, 2.05) is 0 Å². The molecular formula is C11H8FNO5S. The number of carbonyl (C=O) groups is 1. The summed E-state index contributed by atoms with van der Waals surface area (Å²) in [6.45, 7) is 0. The number of rotatable bonds is 4. The van der Waals surface area contributed by atoms with E-state index in [1.165, 1.54) is 12.3 Å². The van der Waals surface area contributed by atoms with Gasteiger partial charge < -0.3 is 9.63 Å². The fraction of sp³-hybridized carbons (Fsp3) is 0.0909. The number of carboxylic acids is 1. The Labute approximate surface area is 107 Å². The van der Waals surface area contributed by atoms with Crippen molar-refractivity contribution in [2.24, 2.45) is 0 Å². The fourth-order valence-corrected chi connectivity index (χ4v) is 2.71. The molecule has 0 aliphatic heterocycles. The molecule has 6 nitrogen and oxygen atoms in total. The Morgan fingerprint density at radius 3 is 2.68 bits per heavy atom. The quantitative estimate of drug-likeness (QED) is 0.854. The molecule has 100 valence electrons. The van der Waals surface area contributed by atoms with Gasteiger partial charge in [-0.05, 0) is 18.2 Å². The maximum atomic E-state index is 13.2. The molecule has 1 aromatic heterocycles. The second-order valence-corrected chi connectivity index (χ2v) is 5.67. The van der Waals surface area contributed by atoms with E-state index >= 15 is 0 Å². The number of sulfone groups is 1. The van der Waals surface area contributed by atoms with Gasteiger partial charge in [0.25, 0.3) is 0 Å². The van der Waals surface area contributed by atoms with Crippen molar-refractivity contribution in [3.05, 3.63) is 47.6 Å². The van der Waals surface area contributed by atoms with E-state index < -0.39 is 32.9 Å². The van der Waals surface area contributed by atoms with Crippen LogP contribution < -0.4 is 0 Å². The van der Waals surface area contributed by atoms with Crippen LogP contribution in [0.4, 0.5) is 4.39 Å². The Hall–Kier alpha value is -2.22. The molecule has 0 spiro atoms. The van der Waals surface area contributed by atoms with Crippen molar-refractivity contribution in [3.8, 4) is 0 Å². The summed E-state index contributed by atoms with van der Waals surface area (Å²) in [6, 6.07) is 3.97. The smallest absolute Gasteiger partial charge is 0.338 e. The minimum atomic E-state index is -3.82. The molecule has 2 rings (SSSR count). The van der Waals surface area contributed by atoms with Crippen molar-refractivity contribution in [1.82, 2.24) is 5.16 Å². The number of halogens is 1. The largest absolute Gasteiger partial charge is 0.478 e. The summed E-state index contributed by atoms with van der Waals surface area (Å²) in [6.07, 6.45) is 1.29. The van der Waals surface area contributed by atoms with E-state index in [1.54, 1.807) is 0 Å². The van der Waals surface area contributed by atoms with E-state index in [0.717, 1.165) is 18.2 Å². The first-order valence-corrected chi connectivity index (χ1v) is 6.70. The van der Waals surface area contributed by atoms with Crippen LogP contribution in [0, 0.1) is 5.82 Å². The molecule has 19 heavy (non-hydrogen) atoms. The van der Waals surface area contributed by atoms with Gasteiger partial charge in [0.05, 0.1) is 16.7 Å². The molecule has 0 radical (unpaired) electrons. The van der Waals surface area contributed by atoms with E-state index in [-0.39, 0.29) is 10.7 Å². The fourth-order valence-electron chi connectivity index (χ4n) is 1.45. The molecule has 1 heterocycles. The van der Waals surface area contributed by atoms with Gasteiger partial charge in [-0.1, -0.05) is 5.16 Å². The monoisotopic (exact) mass is 285 g/mol. The molecule has 0 saturated heterocycles. The number of aromatic nitrogens is 1. The first-order chi connectivity index (χ1) is 8.90. The second-order valence-electron chi connectivity index (χ2n) is 3.68. The highest BCUT2D eigenvalue weighted by molar-refractivity contribution is 7.90. The van der Waals surface area contributed by atoms with Crippen LogP contribution >= 0.6 is 0 Å². The van der Waals surface area contributed by atoms with Crippen LogP contribution in [-0.2, 0) is 15.6 Å². The summed E-state index contributed by atoms with van der Waals surface area (Å²) in [5, 5.41) is 12.1. The van der Waals surface area contributed by atoms with Gasteiger partial charge in [0.1, 0.15) is 11.6 Å². The number of aromatic carboxylic acids is 1. The molecule has 1 aromatic carbocycles. The highest BCUT2D eigenvalue weighted by atomic mass is 32.2. The molecular weight excluding hydrogens is 277 g/mol. The van der Waals surface area contributed by atoms with Gasteiger partial charge in [0, 0.05) is 6.07 Å². The average molecular weight is 285 g/mol. The summed E-state index contributed by atoms with van der Waals surface area (Å²) >= 11 is 0. The van der Waals surface area contributed by atoms with Crippen molar-refractivity contribution in [1.29, 1.82) is 0 Å². The molecule has 1 N–H and O–H groups in total. The number of benzene rings is 1. The van der Waals surface area contributed by atoms with Gasteiger partial charge in [-0.25, -0.2) is 17.6 Å². The zero-order valence-corrected chi connectivity index (χ0v) is 10.2. The Kier molecular flexibility index (Phi) is 3.34. The van der Waals surface area contributed by atoms with E-state index in [0.29, 0.717) is 0 Å². The predicted octanol–water partition coefficient (Wildman–Crippen LogP) is 1.49. The van der Waals surface area contributed by atoms with Crippen molar-refractivity contribution < 1.29 is 27.2 Å². The predicted molar refractivity (Wildman–Crippen MR) is 60.8 cm³/mol. The first-order valence-electron chi connectivity index (χ1n) is 5.05. The van der Waals surface area contributed by atoms with Crippen LogP contribution in [0.15, 0.2) is 39.9 Å². The van der Waals surface area contributed by atoms with Gasteiger partial charge in [0.15, 0.2) is 15.6 Å². The van der Waals surface area contributed by atoms with Gasteiger partial charge in [-0.2, -0.15) is 0 Å². The first kappa shape index (κ1) is 13.2. The molecule has 0 aliphatic rings. The summed E-state index contributed by atoms with van der Waals surface area (Å²) in [5.41, 5.74) is -0.696. The summed E-state index contributed by atoms with van der Waals surface area (Å²) < 4.78 is 41.8. The van der Waals surface area contributed by atoms with Crippen LogP contribution in [-0.4, -0.2) is 24.7 Å². The molecule has 0 unspecified atom stereocenters. The highest BCUT2D eigenvalue weighted by Crippen LogP contribution is 2.19. The van der Waals surface area contributed by atoms with Crippen molar-refractivity contribution in [2.45, 2.75) is 10.6 Å². The topological polar surface area (TPSA) is 97.5 Å². The van der Waals surface area contributed by atoms with Crippen LogP contribution in [0.5, 0.6) is 0 Å². The maximum absolute atomic E-state index is 13.2. The summed E-state index contributed by atoms with van der Waals surface area (Å²) in [5.74, 6) is -2.89. The number of hydrogen-bond donors (Lipinski definition) is 1. The summed E-state index contributed by atoms with van der Waals surface area (Å²) in [7, 11) is -3.82. The van der Waals surface area contributed by atoms with E-state index in [9.17, 15) is 17.6 Å². The zero-order valence-electron chi connectivity index (χ0n) is 9.41. The molecule has 0 saturated carbocycles. The summed E-state index contributed by atoms with van der Waals surface area (Å²) in [4.78, 5) is 10.5. The minimum Gasteiger partial charge on any atom is -0.478 e. The lowest BCUT2D eigenvalue weighted by Crippen LogP contribution is -2.08. The third-order valence-electron chi connectivity index (χ3n) is 2.35. The van der Waals surface area contributed by atoms with E-state index in [4.69, 9.17) is 5.11 Å². The molecule has 2 aromatic rings. The molecule has 0 amide bonds. The molecule has 0 aliphatic carbocycles.